The molecule has 110 valence electrons. The summed E-state index contributed by atoms with van der Waals surface area (Å²) in [5.74, 6) is -0.296. The van der Waals surface area contributed by atoms with E-state index in [9.17, 15) is 13.2 Å². The molecule has 0 atom stereocenters. The molecule has 2 rings (SSSR count). The van der Waals surface area contributed by atoms with E-state index in [4.69, 9.17) is 5.73 Å². The zero-order valence-corrected chi connectivity index (χ0v) is 11.9. The van der Waals surface area contributed by atoms with Crippen molar-refractivity contribution in [3.63, 3.8) is 0 Å². The lowest BCUT2D eigenvalue weighted by Gasteiger charge is -2.08. The number of sulfonamides is 1. The highest BCUT2D eigenvalue weighted by molar-refractivity contribution is 7.89. The Morgan fingerprint density at radius 1 is 1.25 bits per heavy atom. The van der Waals surface area contributed by atoms with Crippen LogP contribution in [0.25, 0.3) is 0 Å². The molecule has 20 heavy (non-hydrogen) atoms. The zero-order chi connectivity index (χ0) is 14.6. The number of nitrogens with two attached hydrogens (primary N) is 1. The molecule has 0 bridgehead atoms. The molecule has 1 aliphatic rings. The van der Waals surface area contributed by atoms with Crippen LogP contribution in [-0.4, -0.2) is 33.5 Å². The third-order valence-corrected chi connectivity index (χ3v) is 4.45. The second-order valence-electron chi connectivity index (χ2n) is 4.85. The fourth-order valence-corrected chi connectivity index (χ4v) is 2.73. The molecule has 1 fully saturated rings. The second-order valence-corrected chi connectivity index (χ2v) is 6.62. The Morgan fingerprint density at radius 2 is 1.90 bits per heavy atom. The minimum atomic E-state index is -3.64. The number of carbonyl (C=O) groups is 1. The summed E-state index contributed by atoms with van der Waals surface area (Å²) in [6.45, 7) is 0.287. The van der Waals surface area contributed by atoms with Crippen molar-refractivity contribution in [2.45, 2.75) is 30.2 Å². The lowest BCUT2D eigenvalue weighted by atomic mass is 10.2. The maximum atomic E-state index is 12.0. The van der Waals surface area contributed by atoms with Crippen LogP contribution >= 0.6 is 0 Å². The minimum Gasteiger partial charge on any atom is -0.352 e. The fourth-order valence-electron chi connectivity index (χ4n) is 1.75. The topological polar surface area (TPSA) is 101 Å². The standard InChI is InChI=1S/C13H19N3O3S/c14-8-7-10-1-5-12(6-2-10)20(18,19)15-9-13(17)16-11-3-4-11/h1-2,5-6,11,15H,3-4,7-9,14H2,(H,16,17). The highest BCUT2D eigenvalue weighted by Crippen LogP contribution is 2.18. The molecule has 1 aromatic rings. The van der Waals surface area contributed by atoms with Gasteiger partial charge in [-0.05, 0) is 43.5 Å². The molecule has 0 unspecified atom stereocenters. The summed E-state index contributed by atoms with van der Waals surface area (Å²) in [5.41, 5.74) is 6.42. The van der Waals surface area contributed by atoms with Crippen LogP contribution in [0, 0.1) is 0 Å². The molecular weight excluding hydrogens is 278 g/mol. The smallest absolute Gasteiger partial charge is 0.241 e. The normalized spacial score (nSPS) is 15.1. The molecular formula is C13H19N3O3S. The van der Waals surface area contributed by atoms with Crippen LogP contribution in [0.5, 0.6) is 0 Å². The number of rotatable bonds is 7. The van der Waals surface area contributed by atoms with Crippen molar-refractivity contribution in [1.29, 1.82) is 0 Å². The van der Waals surface area contributed by atoms with Crippen molar-refractivity contribution in [3.05, 3.63) is 29.8 Å². The van der Waals surface area contributed by atoms with Crippen LogP contribution in [0.1, 0.15) is 18.4 Å². The van der Waals surface area contributed by atoms with Gasteiger partial charge < -0.3 is 11.1 Å². The van der Waals surface area contributed by atoms with Gasteiger partial charge in [0.1, 0.15) is 0 Å². The summed E-state index contributed by atoms with van der Waals surface area (Å²) in [5, 5.41) is 2.72. The first-order chi connectivity index (χ1) is 9.51. The van der Waals surface area contributed by atoms with Crippen LogP contribution in [0.4, 0.5) is 0 Å². The number of amides is 1. The Hall–Kier alpha value is -1.44. The summed E-state index contributed by atoms with van der Waals surface area (Å²) in [6, 6.07) is 6.72. The molecule has 0 aliphatic heterocycles. The Balaban J connectivity index is 1.92. The van der Waals surface area contributed by atoms with Gasteiger partial charge in [0.2, 0.25) is 15.9 Å². The number of hydrogen-bond acceptors (Lipinski definition) is 4. The Bertz CT molecular complexity index is 565. The second kappa shape index (κ2) is 6.34. The van der Waals surface area contributed by atoms with Crippen molar-refractivity contribution < 1.29 is 13.2 Å². The van der Waals surface area contributed by atoms with Crippen molar-refractivity contribution in [2.24, 2.45) is 5.73 Å². The maximum Gasteiger partial charge on any atom is 0.241 e. The molecule has 0 radical (unpaired) electrons. The summed E-state index contributed by atoms with van der Waals surface area (Å²) in [7, 11) is -3.64. The quantitative estimate of drug-likeness (QED) is 0.645. The molecule has 0 saturated heterocycles. The molecule has 0 heterocycles. The van der Waals surface area contributed by atoms with Crippen LogP contribution < -0.4 is 15.8 Å². The van der Waals surface area contributed by atoms with Gasteiger partial charge in [-0.3, -0.25) is 4.79 Å². The SMILES string of the molecule is NCCc1ccc(S(=O)(=O)NCC(=O)NC2CC2)cc1. The van der Waals surface area contributed by atoms with E-state index in [-0.39, 0.29) is 23.4 Å². The zero-order valence-electron chi connectivity index (χ0n) is 11.1. The van der Waals surface area contributed by atoms with E-state index < -0.39 is 10.0 Å². The predicted octanol–water partition coefficient (Wildman–Crippen LogP) is -0.255. The van der Waals surface area contributed by atoms with Gasteiger partial charge in [-0.1, -0.05) is 12.1 Å². The van der Waals surface area contributed by atoms with E-state index in [0.29, 0.717) is 13.0 Å². The average molecular weight is 297 g/mol. The fraction of sp³-hybridized carbons (Fsp3) is 0.462. The Labute approximate surface area is 118 Å². The van der Waals surface area contributed by atoms with Gasteiger partial charge in [-0.15, -0.1) is 0 Å². The van der Waals surface area contributed by atoms with Crippen LogP contribution in [0.3, 0.4) is 0 Å². The summed E-state index contributed by atoms with van der Waals surface area (Å²) in [4.78, 5) is 11.6. The lowest BCUT2D eigenvalue weighted by molar-refractivity contribution is -0.120. The predicted molar refractivity (Wildman–Crippen MR) is 75.6 cm³/mol. The Kier molecular flexibility index (Phi) is 4.74. The van der Waals surface area contributed by atoms with Crippen molar-refractivity contribution in [3.8, 4) is 0 Å². The Morgan fingerprint density at radius 3 is 2.45 bits per heavy atom. The first-order valence-corrected chi connectivity index (χ1v) is 8.07. The molecule has 1 saturated carbocycles. The molecule has 1 aliphatic carbocycles. The monoisotopic (exact) mass is 297 g/mol. The van der Waals surface area contributed by atoms with Gasteiger partial charge >= 0.3 is 0 Å². The number of carbonyl (C=O) groups excluding carboxylic acids is 1. The van der Waals surface area contributed by atoms with Gasteiger partial charge in [-0.2, -0.15) is 0 Å². The van der Waals surface area contributed by atoms with E-state index >= 15 is 0 Å². The lowest BCUT2D eigenvalue weighted by Crippen LogP contribution is -2.37. The summed E-state index contributed by atoms with van der Waals surface area (Å²) < 4.78 is 26.3. The molecule has 6 nitrogen and oxygen atoms in total. The largest absolute Gasteiger partial charge is 0.352 e. The third kappa shape index (κ3) is 4.29. The van der Waals surface area contributed by atoms with Crippen LogP contribution in [-0.2, 0) is 21.2 Å². The van der Waals surface area contributed by atoms with Crippen LogP contribution in [0.2, 0.25) is 0 Å². The van der Waals surface area contributed by atoms with Gasteiger partial charge in [0.25, 0.3) is 0 Å². The third-order valence-electron chi connectivity index (χ3n) is 3.03. The van der Waals surface area contributed by atoms with Crippen molar-refractivity contribution in [1.82, 2.24) is 10.0 Å². The van der Waals surface area contributed by atoms with Gasteiger partial charge in [-0.25, -0.2) is 13.1 Å². The molecule has 7 heteroatoms. The van der Waals surface area contributed by atoms with Crippen molar-refractivity contribution >= 4 is 15.9 Å². The molecule has 0 aromatic heterocycles. The first kappa shape index (κ1) is 15.0. The molecule has 1 aromatic carbocycles. The van der Waals surface area contributed by atoms with Gasteiger partial charge in [0.05, 0.1) is 11.4 Å². The highest BCUT2D eigenvalue weighted by atomic mass is 32.2. The summed E-state index contributed by atoms with van der Waals surface area (Å²) in [6.07, 6.45) is 2.65. The highest BCUT2D eigenvalue weighted by Gasteiger charge is 2.24. The summed E-state index contributed by atoms with van der Waals surface area (Å²) >= 11 is 0. The van der Waals surface area contributed by atoms with Crippen molar-refractivity contribution in [2.75, 3.05) is 13.1 Å². The molecule has 0 spiro atoms. The average Bonchev–Trinajstić information content (AvgIpc) is 3.22. The maximum absolute atomic E-state index is 12.0. The van der Waals surface area contributed by atoms with E-state index in [0.717, 1.165) is 18.4 Å². The van der Waals surface area contributed by atoms with E-state index in [1.165, 1.54) is 12.1 Å². The molecule has 4 N–H and O–H groups in total. The minimum absolute atomic E-state index is 0.150. The number of benzene rings is 1. The number of nitrogens with one attached hydrogen (secondary N) is 2. The molecule has 1 amide bonds. The first-order valence-electron chi connectivity index (χ1n) is 6.59. The van der Waals surface area contributed by atoms with E-state index in [1.54, 1.807) is 12.1 Å². The number of hydrogen-bond donors (Lipinski definition) is 3. The van der Waals surface area contributed by atoms with Crippen LogP contribution in [0.15, 0.2) is 29.2 Å². The van der Waals surface area contributed by atoms with Gasteiger partial charge in [0, 0.05) is 6.04 Å². The van der Waals surface area contributed by atoms with E-state index in [2.05, 4.69) is 10.0 Å². The van der Waals surface area contributed by atoms with E-state index in [1.807, 2.05) is 0 Å². The van der Waals surface area contributed by atoms with Gasteiger partial charge in [0.15, 0.2) is 0 Å².